The lowest BCUT2D eigenvalue weighted by molar-refractivity contribution is -0.207. The van der Waals surface area contributed by atoms with Gasteiger partial charge in [0.05, 0.1) is 33.0 Å². The Bertz CT molecular complexity index is 248. The van der Waals surface area contributed by atoms with E-state index in [1.165, 1.54) is 0 Å². The number of rotatable bonds is 10. The van der Waals surface area contributed by atoms with E-state index in [-0.39, 0.29) is 18.5 Å². The molecule has 0 aromatic rings. The summed E-state index contributed by atoms with van der Waals surface area (Å²) in [4.78, 5) is 0. The summed E-state index contributed by atoms with van der Waals surface area (Å²) in [5.41, 5.74) is 0. The highest BCUT2D eigenvalue weighted by atomic mass is 16.7. The second kappa shape index (κ2) is 8.66. The van der Waals surface area contributed by atoms with Crippen LogP contribution in [-0.2, 0) is 23.7 Å². The maximum Gasteiger partial charge on any atom is 0.158 e. The topological polar surface area (TPSA) is 49.5 Å². The van der Waals surface area contributed by atoms with Crippen molar-refractivity contribution in [3.63, 3.8) is 0 Å². The first-order chi connectivity index (χ1) is 9.38. The second-order valence-electron chi connectivity index (χ2n) is 4.87. The molecule has 110 valence electrons. The Kier molecular flexibility index (Phi) is 6.81. The molecule has 2 heterocycles. The first-order valence-electron chi connectivity index (χ1n) is 7.03. The highest BCUT2D eigenvalue weighted by Gasteiger charge is 2.24. The van der Waals surface area contributed by atoms with Crippen molar-refractivity contribution in [2.24, 2.45) is 0 Å². The van der Waals surface area contributed by atoms with E-state index >= 15 is 0 Å². The quantitative estimate of drug-likeness (QED) is 0.343. The van der Waals surface area contributed by atoms with Crippen LogP contribution >= 0.6 is 0 Å². The van der Waals surface area contributed by atoms with Crippen molar-refractivity contribution in [3.8, 4) is 0 Å². The van der Waals surface area contributed by atoms with E-state index in [9.17, 15) is 0 Å². The van der Waals surface area contributed by atoms with Crippen LogP contribution in [0.2, 0.25) is 0 Å². The molecule has 3 unspecified atom stereocenters. The average molecular weight is 272 g/mol. The van der Waals surface area contributed by atoms with Crippen molar-refractivity contribution in [2.75, 3.05) is 39.6 Å². The van der Waals surface area contributed by atoms with Crippen LogP contribution in [0.1, 0.15) is 19.3 Å². The molecular weight excluding hydrogens is 248 g/mol. The number of hydrogen-bond acceptors (Lipinski definition) is 5. The standard InChI is InChI=1S/C14H24O5/c1-2-6-15-9-13(10-16-8-12-11-18-12)19-14-5-3-4-7-17-14/h2,12-14H,1,3-11H2. The van der Waals surface area contributed by atoms with E-state index in [2.05, 4.69) is 6.58 Å². The fourth-order valence-electron chi connectivity index (χ4n) is 1.94. The van der Waals surface area contributed by atoms with E-state index < -0.39 is 0 Å². The van der Waals surface area contributed by atoms with Gasteiger partial charge in [-0.3, -0.25) is 0 Å². The predicted octanol–water partition coefficient (Wildman–Crippen LogP) is 1.52. The van der Waals surface area contributed by atoms with Gasteiger partial charge < -0.3 is 23.7 Å². The summed E-state index contributed by atoms with van der Waals surface area (Å²) in [7, 11) is 0. The largest absolute Gasteiger partial charge is 0.376 e. The van der Waals surface area contributed by atoms with Crippen molar-refractivity contribution >= 4 is 0 Å². The maximum absolute atomic E-state index is 5.89. The fourth-order valence-corrected chi connectivity index (χ4v) is 1.94. The molecule has 0 saturated carbocycles. The molecule has 2 saturated heterocycles. The molecule has 2 fully saturated rings. The Balaban J connectivity index is 1.65. The Labute approximate surface area is 114 Å². The second-order valence-corrected chi connectivity index (χ2v) is 4.87. The molecule has 0 N–H and O–H groups in total. The van der Waals surface area contributed by atoms with Crippen LogP contribution in [0.15, 0.2) is 12.7 Å². The van der Waals surface area contributed by atoms with Crippen LogP contribution in [0.5, 0.6) is 0 Å². The lowest BCUT2D eigenvalue weighted by Gasteiger charge is -2.27. The zero-order valence-electron chi connectivity index (χ0n) is 11.4. The molecule has 19 heavy (non-hydrogen) atoms. The van der Waals surface area contributed by atoms with Gasteiger partial charge in [-0.15, -0.1) is 6.58 Å². The predicted molar refractivity (Wildman–Crippen MR) is 70.0 cm³/mol. The third kappa shape index (κ3) is 6.49. The minimum atomic E-state index is -0.119. The number of epoxide rings is 1. The van der Waals surface area contributed by atoms with Gasteiger partial charge in [-0.2, -0.15) is 0 Å². The summed E-state index contributed by atoms with van der Waals surface area (Å²) >= 11 is 0. The SMILES string of the molecule is C=CCOCC(COCC1CO1)OC1CCCCO1. The van der Waals surface area contributed by atoms with Gasteiger partial charge in [-0.05, 0) is 19.3 Å². The van der Waals surface area contributed by atoms with Gasteiger partial charge in [0.1, 0.15) is 12.2 Å². The fraction of sp³-hybridized carbons (Fsp3) is 0.857. The van der Waals surface area contributed by atoms with E-state index in [1.807, 2.05) is 0 Å². The minimum absolute atomic E-state index is 0.0956. The van der Waals surface area contributed by atoms with Gasteiger partial charge in [0.2, 0.25) is 0 Å². The Morgan fingerprint density at radius 2 is 2.05 bits per heavy atom. The van der Waals surface area contributed by atoms with Crippen molar-refractivity contribution in [1.29, 1.82) is 0 Å². The van der Waals surface area contributed by atoms with Crippen molar-refractivity contribution in [1.82, 2.24) is 0 Å². The van der Waals surface area contributed by atoms with Gasteiger partial charge >= 0.3 is 0 Å². The smallest absolute Gasteiger partial charge is 0.158 e. The van der Waals surface area contributed by atoms with Crippen LogP contribution in [0, 0.1) is 0 Å². The van der Waals surface area contributed by atoms with Crippen molar-refractivity contribution < 1.29 is 23.7 Å². The van der Waals surface area contributed by atoms with Crippen LogP contribution in [0.3, 0.4) is 0 Å². The molecule has 0 bridgehead atoms. The van der Waals surface area contributed by atoms with E-state index in [0.717, 1.165) is 32.5 Å². The first-order valence-corrected chi connectivity index (χ1v) is 7.03. The van der Waals surface area contributed by atoms with Gasteiger partial charge in [0.15, 0.2) is 6.29 Å². The van der Waals surface area contributed by atoms with Crippen LogP contribution in [0.4, 0.5) is 0 Å². The molecular formula is C14H24O5. The summed E-state index contributed by atoms with van der Waals surface area (Å²) in [6, 6.07) is 0. The van der Waals surface area contributed by atoms with E-state index in [1.54, 1.807) is 6.08 Å². The molecule has 2 rings (SSSR count). The Morgan fingerprint density at radius 1 is 1.21 bits per heavy atom. The summed E-state index contributed by atoms with van der Waals surface area (Å²) in [6.07, 6.45) is 5.01. The maximum atomic E-state index is 5.89. The molecule has 2 aliphatic rings. The molecule has 0 aromatic carbocycles. The van der Waals surface area contributed by atoms with Crippen molar-refractivity contribution in [2.45, 2.75) is 37.8 Å². The summed E-state index contributed by atoms with van der Waals surface area (Å²) in [5.74, 6) is 0. The zero-order valence-corrected chi connectivity index (χ0v) is 11.4. The average Bonchev–Trinajstić information content (AvgIpc) is 3.24. The monoisotopic (exact) mass is 272 g/mol. The van der Waals surface area contributed by atoms with E-state index in [0.29, 0.717) is 26.4 Å². The lowest BCUT2D eigenvalue weighted by Crippen LogP contribution is -2.34. The van der Waals surface area contributed by atoms with Crippen LogP contribution in [0.25, 0.3) is 0 Å². The third-order valence-electron chi connectivity index (χ3n) is 3.03. The molecule has 0 aliphatic carbocycles. The number of ether oxygens (including phenoxy) is 5. The molecule has 5 heteroatoms. The van der Waals surface area contributed by atoms with Gasteiger partial charge in [0, 0.05) is 6.61 Å². The molecule has 0 radical (unpaired) electrons. The normalized spacial score (nSPS) is 28.0. The Hall–Kier alpha value is -0.460. The first kappa shape index (κ1) is 14.9. The summed E-state index contributed by atoms with van der Waals surface area (Å²) in [6.45, 7) is 7.38. The number of hydrogen-bond donors (Lipinski definition) is 0. The van der Waals surface area contributed by atoms with Crippen molar-refractivity contribution in [3.05, 3.63) is 12.7 Å². The molecule has 2 aliphatic heterocycles. The van der Waals surface area contributed by atoms with Crippen LogP contribution in [-0.4, -0.2) is 58.1 Å². The van der Waals surface area contributed by atoms with Gasteiger partial charge in [-0.25, -0.2) is 0 Å². The molecule has 3 atom stereocenters. The summed E-state index contributed by atoms with van der Waals surface area (Å²) < 4.78 is 27.6. The van der Waals surface area contributed by atoms with Gasteiger partial charge in [0.25, 0.3) is 0 Å². The Morgan fingerprint density at radius 3 is 2.74 bits per heavy atom. The molecule has 0 aromatic heterocycles. The van der Waals surface area contributed by atoms with Crippen LogP contribution < -0.4 is 0 Å². The lowest BCUT2D eigenvalue weighted by atomic mass is 10.2. The zero-order chi connectivity index (χ0) is 13.3. The minimum Gasteiger partial charge on any atom is -0.376 e. The summed E-state index contributed by atoms with van der Waals surface area (Å²) in [5, 5.41) is 0. The highest BCUT2D eigenvalue weighted by molar-refractivity contribution is 4.69. The molecule has 0 amide bonds. The van der Waals surface area contributed by atoms with E-state index in [4.69, 9.17) is 23.7 Å². The highest BCUT2D eigenvalue weighted by Crippen LogP contribution is 2.16. The molecule has 0 spiro atoms. The molecule has 5 nitrogen and oxygen atoms in total. The van der Waals surface area contributed by atoms with Gasteiger partial charge in [-0.1, -0.05) is 6.08 Å². The third-order valence-corrected chi connectivity index (χ3v) is 3.03.